The zero-order chi connectivity index (χ0) is 13.0. The average Bonchev–Trinajstić information content (AvgIpc) is 2.40. The van der Waals surface area contributed by atoms with Gasteiger partial charge in [-0.1, -0.05) is 6.42 Å². The SMILES string of the molecule is O=C(O)c1ccc(C(=O)NN2CCCCC2)nc1. The molecule has 2 heterocycles. The minimum absolute atomic E-state index is 0.0736. The lowest BCUT2D eigenvalue weighted by molar-refractivity contribution is 0.0692. The Morgan fingerprint density at radius 2 is 1.94 bits per heavy atom. The Labute approximate surface area is 105 Å². The molecule has 1 saturated heterocycles. The maximum atomic E-state index is 11.8. The van der Waals surface area contributed by atoms with Gasteiger partial charge in [-0.25, -0.2) is 9.80 Å². The summed E-state index contributed by atoms with van der Waals surface area (Å²) in [4.78, 5) is 26.3. The van der Waals surface area contributed by atoms with Gasteiger partial charge in [0.2, 0.25) is 0 Å². The highest BCUT2D eigenvalue weighted by Gasteiger charge is 2.15. The summed E-state index contributed by atoms with van der Waals surface area (Å²) in [6.45, 7) is 1.69. The summed E-state index contributed by atoms with van der Waals surface area (Å²) < 4.78 is 0. The van der Waals surface area contributed by atoms with Gasteiger partial charge >= 0.3 is 5.97 Å². The molecule has 1 amide bonds. The van der Waals surface area contributed by atoms with Gasteiger partial charge in [0.25, 0.3) is 5.91 Å². The van der Waals surface area contributed by atoms with Gasteiger partial charge in [0, 0.05) is 19.3 Å². The van der Waals surface area contributed by atoms with E-state index in [1.807, 2.05) is 5.01 Å². The fourth-order valence-corrected chi connectivity index (χ4v) is 1.86. The van der Waals surface area contributed by atoms with Gasteiger partial charge in [-0.2, -0.15) is 0 Å². The van der Waals surface area contributed by atoms with Crippen LogP contribution in [0.4, 0.5) is 0 Å². The predicted molar refractivity (Wildman–Crippen MR) is 64.1 cm³/mol. The molecule has 0 radical (unpaired) electrons. The molecule has 96 valence electrons. The molecule has 6 heteroatoms. The largest absolute Gasteiger partial charge is 0.478 e. The molecule has 0 spiro atoms. The first-order valence-corrected chi connectivity index (χ1v) is 5.92. The van der Waals surface area contributed by atoms with Crippen molar-refractivity contribution < 1.29 is 14.7 Å². The highest BCUT2D eigenvalue weighted by Crippen LogP contribution is 2.07. The van der Waals surface area contributed by atoms with Crippen LogP contribution in [-0.2, 0) is 0 Å². The zero-order valence-corrected chi connectivity index (χ0v) is 9.93. The highest BCUT2D eigenvalue weighted by molar-refractivity contribution is 5.93. The number of amides is 1. The summed E-state index contributed by atoms with van der Waals surface area (Å²) in [5, 5.41) is 10.6. The molecule has 18 heavy (non-hydrogen) atoms. The number of piperidine rings is 1. The summed E-state index contributed by atoms with van der Waals surface area (Å²) in [5.41, 5.74) is 3.07. The number of hydrazine groups is 1. The van der Waals surface area contributed by atoms with Crippen molar-refractivity contribution in [3.63, 3.8) is 0 Å². The van der Waals surface area contributed by atoms with E-state index in [4.69, 9.17) is 5.11 Å². The summed E-state index contributed by atoms with van der Waals surface area (Å²) in [5.74, 6) is -1.35. The molecule has 1 aliphatic heterocycles. The number of aromatic carboxylic acids is 1. The number of carboxylic acid groups (broad SMARTS) is 1. The average molecular weight is 249 g/mol. The topological polar surface area (TPSA) is 82.5 Å². The van der Waals surface area contributed by atoms with Crippen molar-refractivity contribution in [2.45, 2.75) is 19.3 Å². The number of nitrogens with zero attached hydrogens (tertiary/aromatic N) is 2. The van der Waals surface area contributed by atoms with Crippen molar-refractivity contribution in [3.8, 4) is 0 Å². The summed E-state index contributed by atoms with van der Waals surface area (Å²) in [6, 6.07) is 2.79. The summed E-state index contributed by atoms with van der Waals surface area (Å²) in [7, 11) is 0. The van der Waals surface area contributed by atoms with Crippen LogP contribution >= 0.6 is 0 Å². The smallest absolute Gasteiger partial charge is 0.337 e. The Balaban J connectivity index is 1.97. The molecule has 0 bridgehead atoms. The Morgan fingerprint density at radius 1 is 1.22 bits per heavy atom. The normalized spacial score (nSPS) is 16.2. The number of rotatable bonds is 3. The number of pyridine rings is 1. The summed E-state index contributed by atoms with van der Waals surface area (Å²) >= 11 is 0. The minimum Gasteiger partial charge on any atom is -0.478 e. The van der Waals surface area contributed by atoms with Gasteiger partial charge in [-0.15, -0.1) is 0 Å². The van der Waals surface area contributed by atoms with Crippen LogP contribution in [0.1, 0.15) is 40.1 Å². The van der Waals surface area contributed by atoms with Crippen molar-refractivity contribution in [1.29, 1.82) is 0 Å². The fourth-order valence-electron chi connectivity index (χ4n) is 1.86. The van der Waals surface area contributed by atoms with Gasteiger partial charge in [0.15, 0.2) is 0 Å². The molecule has 6 nitrogen and oxygen atoms in total. The number of hydrogen-bond acceptors (Lipinski definition) is 4. The number of carboxylic acids is 1. The molecule has 0 aromatic carbocycles. The van der Waals surface area contributed by atoms with E-state index >= 15 is 0 Å². The number of hydrogen-bond donors (Lipinski definition) is 2. The van der Waals surface area contributed by atoms with E-state index in [1.165, 1.54) is 24.8 Å². The Bertz CT molecular complexity index is 438. The van der Waals surface area contributed by atoms with Crippen LogP contribution in [0.3, 0.4) is 0 Å². The maximum Gasteiger partial charge on any atom is 0.337 e. The molecule has 0 unspecified atom stereocenters. The quantitative estimate of drug-likeness (QED) is 0.832. The first kappa shape index (κ1) is 12.5. The molecule has 1 aromatic heterocycles. The molecular weight excluding hydrogens is 234 g/mol. The van der Waals surface area contributed by atoms with Gasteiger partial charge in [-0.3, -0.25) is 15.2 Å². The van der Waals surface area contributed by atoms with Gasteiger partial charge < -0.3 is 5.11 Å². The molecule has 0 aliphatic carbocycles. The van der Waals surface area contributed by atoms with E-state index in [0.717, 1.165) is 25.9 Å². The van der Waals surface area contributed by atoms with E-state index in [2.05, 4.69) is 10.4 Å². The number of aromatic nitrogens is 1. The molecule has 2 rings (SSSR count). The Hall–Kier alpha value is -1.95. The van der Waals surface area contributed by atoms with Crippen LogP contribution < -0.4 is 5.43 Å². The van der Waals surface area contributed by atoms with Crippen molar-refractivity contribution in [2.24, 2.45) is 0 Å². The molecule has 0 atom stereocenters. The predicted octanol–water partition coefficient (Wildman–Crippen LogP) is 0.910. The van der Waals surface area contributed by atoms with Crippen LogP contribution in [0.2, 0.25) is 0 Å². The Kier molecular flexibility index (Phi) is 3.88. The monoisotopic (exact) mass is 249 g/mol. The highest BCUT2D eigenvalue weighted by atomic mass is 16.4. The number of carbonyl (C=O) groups excluding carboxylic acids is 1. The second-order valence-electron chi connectivity index (χ2n) is 4.23. The second-order valence-corrected chi connectivity index (χ2v) is 4.23. The van der Waals surface area contributed by atoms with Crippen LogP contribution in [0.15, 0.2) is 18.3 Å². The third-order valence-electron chi connectivity index (χ3n) is 2.86. The zero-order valence-electron chi connectivity index (χ0n) is 9.93. The lowest BCUT2D eigenvalue weighted by Crippen LogP contribution is -2.45. The van der Waals surface area contributed by atoms with Crippen molar-refractivity contribution in [3.05, 3.63) is 29.6 Å². The van der Waals surface area contributed by atoms with Gasteiger partial charge in [-0.05, 0) is 25.0 Å². The maximum absolute atomic E-state index is 11.8. The fraction of sp³-hybridized carbons (Fsp3) is 0.417. The van der Waals surface area contributed by atoms with Crippen molar-refractivity contribution in [2.75, 3.05) is 13.1 Å². The number of nitrogens with one attached hydrogen (secondary N) is 1. The van der Waals surface area contributed by atoms with Gasteiger partial charge in [0.05, 0.1) is 5.56 Å². The first-order chi connectivity index (χ1) is 8.66. The van der Waals surface area contributed by atoms with E-state index in [0.29, 0.717) is 0 Å². The molecular formula is C12H15N3O3. The lowest BCUT2D eigenvalue weighted by Gasteiger charge is -2.26. The van der Waals surface area contributed by atoms with E-state index < -0.39 is 5.97 Å². The second kappa shape index (κ2) is 5.59. The van der Waals surface area contributed by atoms with Crippen LogP contribution in [0, 0.1) is 0 Å². The minimum atomic E-state index is -1.05. The van der Waals surface area contributed by atoms with Crippen LogP contribution in [0.25, 0.3) is 0 Å². The third kappa shape index (κ3) is 3.04. The third-order valence-corrected chi connectivity index (χ3v) is 2.86. The summed E-state index contributed by atoms with van der Waals surface area (Å²) in [6.07, 6.45) is 4.53. The van der Waals surface area contributed by atoms with Crippen molar-refractivity contribution >= 4 is 11.9 Å². The molecule has 1 aromatic rings. The van der Waals surface area contributed by atoms with E-state index in [-0.39, 0.29) is 17.2 Å². The standard InChI is InChI=1S/C12H15N3O3/c16-11(14-15-6-2-1-3-7-15)10-5-4-9(8-13-10)12(17)18/h4-5,8H,1-3,6-7H2,(H,14,16)(H,17,18). The number of carbonyl (C=O) groups is 2. The van der Waals surface area contributed by atoms with E-state index in [9.17, 15) is 9.59 Å². The first-order valence-electron chi connectivity index (χ1n) is 5.92. The lowest BCUT2D eigenvalue weighted by atomic mass is 10.2. The van der Waals surface area contributed by atoms with Crippen molar-refractivity contribution in [1.82, 2.24) is 15.4 Å². The Morgan fingerprint density at radius 3 is 2.50 bits per heavy atom. The van der Waals surface area contributed by atoms with Gasteiger partial charge in [0.1, 0.15) is 5.69 Å². The van der Waals surface area contributed by atoms with E-state index in [1.54, 1.807) is 0 Å². The molecule has 1 fully saturated rings. The van der Waals surface area contributed by atoms with Crippen LogP contribution in [0.5, 0.6) is 0 Å². The van der Waals surface area contributed by atoms with Crippen LogP contribution in [-0.4, -0.2) is 40.1 Å². The molecule has 2 N–H and O–H groups in total. The molecule has 1 aliphatic rings. The molecule has 0 saturated carbocycles.